The van der Waals surface area contributed by atoms with Crippen molar-refractivity contribution in [3.63, 3.8) is 0 Å². The number of H-pyrrole nitrogens is 1. The van der Waals surface area contributed by atoms with E-state index < -0.39 is 5.83 Å². The fraction of sp³-hybridized carbons (Fsp3) is 0.467. The molecule has 40 heavy (non-hydrogen) atoms. The number of ketones is 1. The normalized spacial score (nSPS) is 17.1. The first kappa shape index (κ1) is 31.5. The standard InChI is InChI=1S/C25H29FN2O4S.C5H12N2/c1-15(19-8-6-7-18(11-19)13-31-4)22(26)12-21(17(3)29)23(14-32-5)28(20-9-10-20)25-16(2)24(30)27-33-25;1-7-4-2-6-3-5-7/h6-8,11-12,14,20H,9-10,13H2,1-5H3,(H,27,30);6H,2-5H2,1H3/b21-12-,22-15-,23-14-;. The molecule has 0 spiro atoms. The summed E-state index contributed by atoms with van der Waals surface area (Å²) in [5, 5.41) is 3.97. The van der Waals surface area contributed by atoms with Crippen molar-refractivity contribution >= 4 is 27.9 Å². The Morgan fingerprint density at radius 3 is 2.42 bits per heavy atom. The molecule has 2 N–H and O–H groups in total. The Hall–Kier alpha value is -3.05. The summed E-state index contributed by atoms with van der Waals surface area (Å²) >= 11 is 1.20. The summed E-state index contributed by atoms with van der Waals surface area (Å²) in [5.41, 5.74) is 3.02. The van der Waals surface area contributed by atoms with Gasteiger partial charge in [0.2, 0.25) is 0 Å². The number of rotatable bonds is 10. The number of halogens is 1. The second-order valence-electron chi connectivity index (χ2n) is 10.1. The molecule has 2 aliphatic rings. The molecule has 218 valence electrons. The number of aromatic amines is 1. The van der Waals surface area contributed by atoms with Gasteiger partial charge in [-0.2, -0.15) is 0 Å². The number of allylic oxidation sites excluding steroid dienone is 4. The van der Waals surface area contributed by atoms with Crippen molar-refractivity contribution in [2.45, 2.75) is 46.3 Å². The third-order valence-electron chi connectivity index (χ3n) is 6.82. The number of nitrogens with one attached hydrogen (secondary N) is 2. The second kappa shape index (κ2) is 15.1. The SMILES string of the molecule is CN1CCNCC1.CO/C=C(/C(=C\C(F)=C(/C)c1cccc(COC)c1)C(C)=O)N(c1s[nH]c(=O)c1C)C1CC1. The van der Waals surface area contributed by atoms with Gasteiger partial charge < -0.3 is 24.6 Å². The number of carbonyl (C=O) groups is 1. The van der Waals surface area contributed by atoms with Crippen LogP contribution in [0.1, 0.15) is 43.4 Å². The summed E-state index contributed by atoms with van der Waals surface area (Å²) in [6, 6.07) is 7.55. The van der Waals surface area contributed by atoms with E-state index in [1.54, 1.807) is 21.0 Å². The molecule has 1 aromatic carbocycles. The largest absolute Gasteiger partial charge is 0.502 e. The zero-order valence-corrected chi connectivity index (χ0v) is 25.1. The molecule has 2 fully saturated rings. The molecule has 2 heterocycles. The highest BCUT2D eigenvalue weighted by atomic mass is 32.1. The van der Waals surface area contributed by atoms with Crippen molar-refractivity contribution < 1.29 is 18.7 Å². The maximum absolute atomic E-state index is 15.5. The summed E-state index contributed by atoms with van der Waals surface area (Å²) in [5.74, 6) is -0.827. The average Bonchev–Trinajstić information content (AvgIpc) is 3.73. The summed E-state index contributed by atoms with van der Waals surface area (Å²) in [7, 11) is 5.24. The highest BCUT2D eigenvalue weighted by Crippen LogP contribution is 2.40. The summed E-state index contributed by atoms with van der Waals surface area (Å²) < 4.78 is 28.7. The van der Waals surface area contributed by atoms with Crippen LogP contribution in [-0.4, -0.2) is 68.5 Å². The molecule has 4 rings (SSSR count). The van der Waals surface area contributed by atoms with Crippen molar-refractivity contribution in [2.75, 3.05) is 52.3 Å². The molecular formula is C30H41FN4O4S. The molecule has 1 saturated carbocycles. The zero-order chi connectivity index (χ0) is 29.2. The maximum atomic E-state index is 15.5. The molecule has 0 bridgehead atoms. The molecule has 1 saturated heterocycles. The van der Waals surface area contributed by atoms with E-state index in [1.807, 2.05) is 29.2 Å². The number of benzene rings is 1. The molecule has 0 amide bonds. The number of ether oxygens (including phenoxy) is 2. The first-order chi connectivity index (χ1) is 19.2. The van der Waals surface area contributed by atoms with Crippen LogP contribution >= 0.6 is 11.5 Å². The lowest BCUT2D eigenvalue weighted by Gasteiger charge is -2.27. The minimum Gasteiger partial charge on any atom is -0.502 e. The van der Waals surface area contributed by atoms with Crippen LogP contribution in [0.2, 0.25) is 0 Å². The molecule has 0 unspecified atom stereocenters. The van der Waals surface area contributed by atoms with Gasteiger partial charge in [-0.25, -0.2) is 4.39 Å². The van der Waals surface area contributed by atoms with E-state index in [2.05, 4.69) is 21.6 Å². The second-order valence-corrected chi connectivity index (χ2v) is 10.9. The van der Waals surface area contributed by atoms with Crippen molar-refractivity contribution in [3.05, 3.63) is 80.7 Å². The van der Waals surface area contributed by atoms with E-state index in [0.717, 1.165) is 31.5 Å². The van der Waals surface area contributed by atoms with Gasteiger partial charge in [0.1, 0.15) is 17.1 Å². The van der Waals surface area contributed by atoms with Crippen molar-refractivity contribution in [1.82, 2.24) is 14.6 Å². The summed E-state index contributed by atoms with van der Waals surface area (Å²) in [6.45, 7) is 9.98. The zero-order valence-electron chi connectivity index (χ0n) is 24.3. The topological polar surface area (TPSA) is 86.9 Å². The minimum atomic E-state index is -0.522. The van der Waals surface area contributed by atoms with Gasteiger partial charge in [-0.15, -0.1) is 0 Å². The monoisotopic (exact) mass is 572 g/mol. The third-order valence-corrected chi connectivity index (χ3v) is 7.80. The van der Waals surface area contributed by atoms with Gasteiger partial charge in [-0.05, 0) is 81.0 Å². The van der Waals surface area contributed by atoms with Crippen LogP contribution in [0.15, 0.2) is 58.5 Å². The average molecular weight is 573 g/mol. The molecule has 0 radical (unpaired) electrons. The number of hydrogen-bond acceptors (Lipinski definition) is 8. The molecule has 0 atom stereocenters. The molecule has 1 aliphatic heterocycles. The van der Waals surface area contributed by atoms with Crippen LogP contribution in [0.3, 0.4) is 0 Å². The number of aromatic nitrogens is 1. The van der Waals surface area contributed by atoms with Gasteiger partial charge in [-0.3, -0.25) is 14.0 Å². The first-order valence-electron chi connectivity index (χ1n) is 13.4. The lowest BCUT2D eigenvalue weighted by molar-refractivity contribution is -0.113. The van der Waals surface area contributed by atoms with E-state index in [0.29, 0.717) is 34.0 Å². The predicted octanol–water partition coefficient (Wildman–Crippen LogP) is 4.79. The van der Waals surface area contributed by atoms with Gasteiger partial charge >= 0.3 is 0 Å². The number of carbonyl (C=O) groups excluding carboxylic acids is 1. The smallest absolute Gasteiger partial charge is 0.263 e. The van der Waals surface area contributed by atoms with Crippen LogP contribution in [0.5, 0.6) is 0 Å². The van der Waals surface area contributed by atoms with Crippen molar-refractivity contribution in [1.29, 1.82) is 0 Å². The number of likely N-dealkylation sites (N-methyl/N-ethyl adjacent to an activating group) is 1. The fourth-order valence-electron chi connectivity index (χ4n) is 4.31. The number of nitrogens with zero attached hydrogens (tertiary/aromatic N) is 2. The molecule has 1 aromatic heterocycles. The van der Waals surface area contributed by atoms with Gasteiger partial charge in [0, 0.05) is 44.9 Å². The van der Waals surface area contributed by atoms with Gasteiger partial charge in [0.05, 0.1) is 25.0 Å². The Kier molecular flexibility index (Phi) is 11.9. The Labute approximate surface area is 240 Å². The summed E-state index contributed by atoms with van der Waals surface area (Å²) in [6.07, 6.45) is 4.51. The highest BCUT2D eigenvalue weighted by Gasteiger charge is 2.36. The highest BCUT2D eigenvalue weighted by molar-refractivity contribution is 7.10. The number of anilines is 1. The van der Waals surface area contributed by atoms with E-state index >= 15 is 4.39 Å². The van der Waals surface area contributed by atoms with E-state index in [4.69, 9.17) is 9.47 Å². The third kappa shape index (κ3) is 8.47. The fourth-order valence-corrected chi connectivity index (χ4v) is 5.24. The van der Waals surface area contributed by atoms with Gasteiger partial charge in [-0.1, -0.05) is 18.2 Å². The Balaban J connectivity index is 0.000000547. The van der Waals surface area contributed by atoms with E-state index in [9.17, 15) is 9.59 Å². The van der Waals surface area contributed by atoms with Crippen molar-refractivity contribution in [3.8, 4) is 0 Å². The van der Waals surface area contributed by atoms with Crippen LogP contribution in [0.25, 0.3) is 5.57 Å². The first-order valence-corrected chi connectivity index (χ1v) is 14.3. The van der Waals surface area contributed by atoms with Crippen LogP contribution in [-0.2, 0) is 20.9 Å². The molecule has 10 heteroatoms. The summed E-state index contributed by atoms with van der Waals surface area (Å²) in [4.78, 5) is 29.0. The molecule has 8 nitrogen and oxygen atoms in total. The number of methoxy groups -OCH3 is 2. The minimum absolute atomic E-state index is 0.109. The van der Waals surface area contributed by atoms with Gasteiger partial charge in [0.15, 0.2) is 5.78 Å². The Morgan fingerprint density at radius 1 is 1.23 bits per heavy atom. The maximum Gasteiger partial charge on any atom is 0.263 e. The van der Waals surface area contributed by atoms with E-state index in [1.165, 1.54) is 51.0 Å². The number of Topliss-reactive ketones (excluding diaryl/α,β-unsaturated/α-hetero) is 1. The molecule has 2 aromatic rings. The lowest BCUT2D eigenvalue weighted by Crippen LogP contribution is -2.40. The quantitative estimate of drug-likeness (QED) is 0.241. The number of hydrogen-bond donors (Lipinski definition) is 2. The van der Waals surface area contributed by atoms with Crippen LogP contribution < -0.4 is 15.8 Å². The van der Waals surface area contributed by atoms with E-state index in [-0.39, 0.29) is 23.0 Å². The number of piperazine rings is 1. The van der Waals surface area contributed by atoms with Crippen LogP contribution in [0, 0.1) is 6.92 Å². The molecule has 1 aliphatic carbocycles. The Morgan fingerprint density at radius 2 is 1.93 bits per heavy atom. The predicted molar refractivity (Wildman–Crippen MR) is 160 cm³/mol. The lowest BCUT2D eigenvalue weighted by atomic mass is 10.0. The van der Waals surface area contributed by atoms with Crippen molar-refractivity contribution in [2.24, 2.45) is 0 Å². The Bertz CT molecular complexity index is 1300. The molecular weight excluding hydrogens is 531 g/mol. The van der Waals surface area contributed by atoms with Gasteiger partial charge in [0.25, 0.3) is 5.56 Å². The van der Waals surface area contributed by atoms with Crippen LogP contribution in [0.4, 0.5) is 9.39 Å².